The minimum atomic E-state index is -0.880. The lowest BCUT2D eigenvalue weighted by atomic mass is 9.91. The fraction of sp³-hybridized carbons (Fsp3) is 0.733. The van der Waals surface area contributed by atoms with E-state index in [1.165, 1.54) is 24.2 Å². The number of carbonyl (C=O) groups is 1. The predicted octanol–water partition coefficient (Wildman–Crippen LogP) is 2.67. The summed E-state index contributed by atoms with van der Waals surface area (Å²) >= 11 is 1.28. The number of rotatable bonds is 4. The molecule has 1 aliphatic rings. The molecule has 6 heteroatoms. The van der Waals surface area contributed by atoms with Crippen LogP contribution in [0.4, 0.5) is 5.13 Å². The first-order chi connectivity index (χ1) is 9.70. The summed E-state index contributed by atoms with van der Waals surface area (Å²) in [4.78, 5) is 20.9. The Balaban J connectivity index is 2.21. The molecular formula is C15H25N3O2S. The molecule has 2 heterocycles. The van der Waals surface area contributed by atoms with E-state index in [0.29, 0.717) is 16.6 Å². The lowest BCUT2D eigenvalue weighted by molar-refractivity contribution is 0.0699. The third kappa shape index (κ3) is 3.55. The van der Waals surface area contributed by atoms with Crippen molar-refractivity contribution in [3.05, 3.63) is 10.6 Å². The average molecular weight is 311 g/mol. The van der Waals surface area contributed by atoms with Gasteiger partial charge in [0.1, 0.15) is 4.88 Å². The normalized spacial score (nSPS) is 20.0. The summed E-state index contributed by atoms with van der Waals surface area (Å²) in [6, 6.07) is 0.533. The van der Waals surface area contributed by atoms with E-state index in [1.54, 1.807) is 0 Å². The molecule has 1 saturated heterocycles. The van der Waals surface area contributed by atoms with Gasteiger partial charge < -0.3 is 14.9 Å². The van der Waals surface area contributed by atoms with E-state index in [-0.39, 0.29) is 5.41 Å². The highest BCUT2D eigenvalue weighted by molar-refractivity contribution is 7.17. The Morgan fingerprint density at radius 3 is 2.62 bits per heavy atom. The highest BCUT2D eigenvalue weighted by Gasteiger charge is 2.29. The van der Waals surface area contributed by atoms with Crippen LogP contribution >= 0.6 is 11.3 Å². The van der Waals surface area contributed by atoms with E-state index in [2.05, 4.69) is 21.8 Å². The number of nitrogens with zero attached hydrogens (tertiary/aromatic N) is 3. The topological polar surface area (TPSA) is 56.7 Å². The van der Waals surface area contributed by atoms with Gasteiger partial charge in [-0.25, -0.2) is 9.78 Å². The van der Waals surface area contributed by atoms with Crippen molar-refractivity contribution in [1.29, 1.82) is 0 Å². The number of carboxylic acids is 1. The van der Waals surface area contributed by atoms with Crippen LogP contribution in [-0.2, 0) is 5.41 Å². The molecule has 1 N–H and O–H groups in total. The molecule has 21 heavy (non-hydrogen) atoms. The van der Waals surface area contributed by atoms with E-state index >= 15 is 0 Å². The molecule has 1 aromatic rings. The lowest BCUT2D eigenvalue weighted by Crippen LogP contribution is -2.36. The number of aromatic carboxylic acids is 1. The lowest BCUT2D eigenvalue weighted by Gasteiger charge is -2.25. The SMILES string of the molecule is CN(CC1CCCN1C)c1nc(C(C)(C)C)c(C(=O)O)s1. The maximum absolute atomic E-state index is 11.4. The van der Waals surface area contributed by atoms with Crippen molar-refractivity contribution in [2.24, 2.45) is 0 Å². The molecule has 0 radical (unpaired) electrons. The van der Waals surface area contributed by atoms with Crippen molar-refractivity contribution in [1.82, 2.24) is 9.88 Å². The zero-order valence-electron chi connectivity index (χ0n) is 13.5. The van der Waals surface area contributed by atoms with Crippen LogP contribution in [0.25, 0.3) is 0 Å². The molecule has 1 fully saturated rings. The quantitative estimate of drug-likeness (QED) is 0.926. The third-order valence-corrected chi connectivity index (χ3v) is 5.16. The summed E-state index contributed by atoms with van der Waals surface area (Å²) in [7, 11) is 4.15. The highest BCUT2D eigenvalue weighted by Crippen LogP contribution is 2.34. The molecule has 0 saturated carbocycles. The summed E-state index contributed by atoms with van der Waals surface area (Å²) in [6.07, 6.45) is 2.44. The van der Waals surface area contributed by atoms with Gasteiger partial charge in [0.2, 0.25) is 0 Å². The molecule has 0 aromatic carbocycles. The molecular weight excluding hydrogens is 286 g/mol. The van der Waals surface area contributed by atoms with Gasteiger partial charge in [0.15, 0.2) is 5.13 Å². The maximum atomic E-state index is 11.4. The van der Waals surface area contributed by atoms with Gasteiger partial charge in [0.05, 0.1) is 5.69 Å². The second kappa shape index (κ2) is 5.93. The second-order valence-corrected chi connectivity index (χ2v) is 7.86. The largest absolute Gasteiger partial charge is 0.477 e. The summed E-state index contributed by atoms with van der Waals surface area (Å²) < 4.78 is 0. The summed E-state index contributed by atoms with van der Waals surface area (Å²) in [6.45, 7) is 8.05. The number of carboxylic acid groups (broad SMARTS) is 1. The van der Waals surface area contributed by atoms with E-state index < -0.39 is 5.97 Å². The number of thiazole rings is 1. The van der Waals surface area contributed by atoms with Gasteiger partial charge in [-0.05, 0) is 26.4 Å². The van der Waals surface area contributed by atoms with Crippen LogP contribution in [0.2, 0.25) is 0 Å². The molecule has 2 rings (SSSR count). The first kappa shape index (κ1) is 16.2. The van der Waals surface area contributed by atoms with Crippen LogP contribution in [0.3, 0.4) is 0 Å². The van der Waals surface area contributed by atoms with Crippen LogP contribution in [0.15, 0.2) is 0 Å². The Hall–Kier alpha value is -1.14. The third-order valence-electron chi connectivity index (χ3n) is 4.00. The van der Waals surface area contributed by atoms with Crippen molar-refractivity contribution >= 4 is 22.4 Å². The summed E-state index contributed by atoms with van der Waals surface area (Å²) in [5, 5.41) is 10.2. The van der Waals surface area contributed by atoms with Crippen LogP contribution < -0.4 is 4.90 Å². The van der Waals surface area contributed by atoms with Crippen LogP contribution in [-0.4, -0.2) is 54.2 Å². The fourth-order valence-electron chi connectivity index (χ4n) is 2.73. The first-order valence-electron chi connectivity index (χ1n) is 7.36. The van der Waals surface area contributed by atoms with E-state index in [0.717, 1.165) is 18.2 Å². The Labute approximate surface area is 130 Å². The van der Waals surface area contributed by atoms with Gasteiger partial charge >= 0.3 is 5.97 Å². The standard InChI is InChI=1S/C15H25N3O2S/c1-15(2,3)12-11(13(19)20)21-14(16-12)18(5)9-10-7-6-8-17(10)4/h10H,6-9H2,1-5H3,(H,19,20). The molecule has 5 nitrogen and oxygen atoms in total. The van der Waals surface area contributed by atoms with Crippen molar-refractivity contribution in [2.45, 2.75) is 45.1 Å². The predicted molar refractivity (Wildman–Crippen MR) is 86.7 cm³/mol. The van der Waals surface area contributed by atoms with E-state index in [1.807, 2.05) is 27.8 Å². The van der Waals surface area contributed by atoms with Crippen LogP contribution in [0.5, 0.6) is 0 Å². The smallest absolute Gasteiger partial charge is 0.347 e. The van der Waals surface area contributed by atoms with Crippen molar-refractivity contribution < 1.29 is 9.90 Å². The van der Waals surface area contributed by atoms with Crippen molar-refractivity contribution in [3.8, 4) is 0 Å². The summed E-state index contributed by atoms with van der Waals surface area (Å²) in [5.41, 5.74) is 0.426. The number of likely N-dealkylation sites (tertiary alicyclic amines) is 1. The van der Waals surface area contributed by atoms with Gasteiger partial charge in [-0.2, -0.15) is 0 Å². The van der Waals surface area contributed by atoms with Gasteiger partial charge in [0.25, 0.3) is 0 Å². The van der Waals surface area contributed by atoms with Gasteiger partial charge in [-0.15, -0.1) is 0 Å². The van der Waals surface area contributed by atoms with Gasteiger partial charge in [-0.1, -0.05) is 32.1 Å². The molecule has 1 aromatic heterocycles. The minimum Gasteiger partial charge on any atom is -0.477 e. The van der Waals surface area contributed by atoms with Gasteiger partial charge in [-0.3, -0.25) is 0 Å². The Kier molecular flexibility index (Phi) is 4.58. The molecule has 0 bridgehead atoms. The molecule has 0 amide bonds. The fourth-order valence-corrected chi connectivity index (χ4v) is 3.82. The first-order valence-corrected chi connectivity index (χ1v) is 8.17. The van der Waals surface area contributed by atoms with E-state index in [4.69, 9.17) is 0 Å². The molecule has 118 valence electrons. The number of hydrogen-bond acceptors (Lipinski definition) is 5. The van der Waals surface area contributed by atoms with E-state index in [9.17, 15) is 9.90 Å². The number of hydrogen-bond donors (Lipinski definition) is 1. The molecule has 1 aliphatic heterocycles. The zero-order chi connectivity index (χ0) is 15.8. The van der Waals surface area contributed by atoms with Crippen LogP contribution in [0.1, 0.15) is 49.0 Å². The Morgan fingerprint density at radius 2 is 2.19 bits per heavy atom. The Morgan fingerprint density at radius 1 is 1.52 bits per heavy atom. The van der Waals surface area contributed by atoms with Crippen molar-refractivity contribution in [3.63, 3.8) is 0 Å². The van der Waals surface area contributed by atoms with Crippen molar-refractivity contribution in [2.75, 3.05) is 32.1 Å². The minimum absolute atomic E-state index is 0.256. The number of anilines is 1. The average Bonchev–Trinajstić information content (AvgIpc) is 2.95. The second-order valence-electron chi connectivity index (χ2n) is 6.89. The molecule has 1 atom stereocenters. The van der Waals surface area contributed by atoms with Gasteiger partial charge in [0, 0.05) is 25.0 Å². The monoisotopic (exact) mass is 311 g/mol. The highest BCUT2D eigenvalue weighted by atomic mass is 32.1. The number of likely N-dealkylation sites (N-methyl/N-ethyl adjacent to an activating group) is 2. The zero-order valence-corrected chi connectivity index (χ0v) is 14.3. The molecule has 1 unspecified atom stereocenters. The summed E-state index contributed by atoms with van der Waals surface area (Å²) in [5.74, 6) is -0.880. The van der Waals surface area contributed by atoms with Crippen LogP contribution in [0, 0.1) is 0 Å². The Bertz CT molecular complexity index is 521. The maximum Gasteiger partial charge on any atom is 0.347 e. The number of aromatic nitrogens is 1. The molecule has 0 spiro atoms. The molecule has 0 aliphatic carbocycles.